The fourth-order valence-corrected chi connectivity index (χ4v) is 1.99. The molecule has 1 aliphatic rings. The van der Waals surface area contributed by atoms with Crippen molar-refractivity contribution in [1.29, 1.82) is 0 Å². The van der Waals surface area contributed by atoms with Gasteiger partial charge in [0.05, 0.1) is 18.3 Å². The summed E-state index contributed by atoms with van der Waals surface area (Å²) in [5, 5.41) is 6.42. The fraction of sp³-hybridized carbons (Fsp3) is 0.583. The van der Waals surface area contributed by atoms with Crippen LogP contribution in [0.25, 0.3) is 0 Å². The highest BCUT2D eigenvalue weighted by Gasteiger charge is 2.23. The van der Waals surface area contributed by atoms with E-state index < -0.39 is 0 Å². The van der Waals surface area contributed by atoms with Crippen LogP contribution in [0.2, 0.25) is 0 Å². The molecule has 0 aromatic carbocycles. The van der Waals surface area contributed by atoms with Gasteiger partial charge in [-0.05, 0) is 0 Å². The number of hydrogen-bond acceptors (Lipinski definition) is 4. The maximum Gasteiger partial charge on any atom is 0.257 e. The predicted octanol–water partition coefficient (Wildman–Crippen LogP) is -0.744. The van der Waals surface area contributed by atoms with Crippen molar-refractivity contribution in [2.75, 3.05) is 46.8 Å². The van der Waals surface area contributed by atoms with Gasteiger partial charge in [-0.25, -0.2) is 0 Å². The van der Waals surface area contributed by atoms with Crippen molar-refractivity contribution in [2.45, 2.75) is 0 Å². The van der Waals surface area contributed by atoms with Crippen molar-refractivity contribution in [2.24, 2.45) is 0 Å². The van der Waals surface area contributed by atoms with Crippen LogP contribution >= 0.6 is 0 Å². The molecule has 0 bridgehead atoms. The van der Waals surface area contributed by atoms with Crippen LogP contribution in [0.3, 0.4) is 0 Å². The molecule has 1 aliphatic heterocycles. The minimum absolute atomic E-state index is 0.00710. The van der Waals surface area contributed by atoms with Crippen LogP contribution in [0.4, 0.5) is 0 Å². The first kappa shape index (κ1) is 13.5. The largest absolute Gasteiger partial charge is 0.348 e. The number of rotatable bonds is 3. The molecular formula is C12H19N5O2. The molecule has 0 radical (unpaired) electrons. The van der Waals surface area contributed by atoms with Gasteiger partial charge in [0.25, 0.3) is 5.91 Å². The summed E-state index contributed by atoms with van der Waals surface area (Å²) in [6, 6.07) is 0. The summed E-state index contributed by atoms with van der Waals surface area (Å²) in [7, 11) is 3.50. The smallest absolute Gasteiger partial charge is 0.257 e. The van der Waals surface area contributed by atoms with E-state index in [4.69, 9.17) is 0 Å². The molecule has 19 heavy (non-hydrogen) atoms. The van der Waals surface area contributed by atoms with Crippen molar-refractivity contribution in [3.63, 3.8) is 0 Å². The van der Waals surface area contributed by atoms with Gasteiger partial charge in [-0.1, -0.05) is 0 Å². The summed E-state index contributed by atoms with van der Waals surface area (Å²) in [4.78, 5) is 29.1. The van der Waals surface area contributed by atoms with Crippen LogP contribution in [-0.2, 0) is 4.79 Å². The molecule has 2 rings (SSSR count). The van der Waals surface area contributed by atoms with Crippen LogP contribution in [-0.4, -0.2) is 83.5 Å². The number of aromatic nitrogens is 2. The van der Waals surface area contributed by atoms with E-state index in [0.717, 1.165) is 13.1 Å². The second kappa shape index (κ2) is 5.83. The molecule has 0 aliphatic carbocycles. The summed E-state index contributed by atoms with van der Waals surface area (Å²) < 4.78 is 0. The van der Waals surface area contributed by atoms with E-state index >= 15 is 0 Å². The topological polar surface area (TPSA) is 72.5 Å². The number of carbonyl (C=O) groups excluding carboxylic acids is 2. The van der Waals surface area contributed by atoms with Gasteiger partial charge in [0, 0.05) is 46.5 Å². The second-order valence-electron chi connectivity index (χ2n) is 4.84. The van der Waals surface area contributed by atoms with Crippen molar-refractivity contribution in [3.05, 3.63) is 18.0 Å². The molecular weight excluding hydrogens is 246 g/mol. The number of aromatic amines is 1. The lowest BCUT2D eigenvalue weighted by Gasteiger charge is -2.34. The molecule has 7 nitrogen and oxygen atoms in total. The zero-order chi connectivity index (χ0) is 13.8. The van der Waals surface area contributed by atoms with Crippen LogP contribution < -0.4 is 0 Å². The first-order valence-corrected chi connectivity index (χ1v) is 6.28. The predicted molar refractivity (Wildman–Crippen MR) is 69.6 cm³/mol. The number of hydrogen-bond donors (Lipinski definition) is 1. The van der Waals surface area contributed by atoms with Gasteiger partial charge in [-0.15, -0.1) is 0 Å². The van der Waals surface area contributed by atoms with Gasteiger partial charge in [0.1, 0.15) is 0 Å². The molecule has 2 amide bonds. The summed E-state index contributed by atoms with van der Waals surface area (Å²) >= 11 is 0. The molecule has 1 aromatic heterocycles. The summed E-state index contributed by atoms with van der Waals surface area (Å²) in [6.45, 7) is 3.16. The number of piperazine rings is 1. The van der Waals surface area contributed by atoms with E-state index in [0.29, 0.717) is 25.2 Å². The molecule has 0 saturated carbocycles. The van der Waals surface area contributed by atoms with E-state index in [-0.39, 0.29) is 11.8 Å². The Kier molecular flexibility index (Phi) is 4.16. The molecule has 1 aromatic rings. The summed E-state index contributed by atoms with van der Waals surface area (Å²) in [5.41, 5.74) is 0.581. The SMILES string of the molecule is CN(C)C(=O)CN1CCN(C(=O)c2cn[nH]c2)CC1. The summed E-state index contributed by atoms with van der Waals surface area (Å²) in [5.74, 6) is 0.0851. The monoisotopic (exact) mass is 265 g/mol. The minimum Gasteiger partial charge on any atom is -0.348 e. The maximum atomic E-state index is 12.1. The van der Waals surface area contributed by atoms with Crippen LogP contribution in [0.5, 0.6) is 0 Å². The van der Waals surface area contributed by atoms with E-state index in [1.54, 1.807) is 30.1 Å². The highest BCUT2D eigenvalue weighted by Crippen LogP contribution is 2.07. The molecule has 1 saturated heterocycles. The number of H-pyrrole nitrogens is 1. The van der Waals surface area contributed by atoms with E-state index in [2.05, 4.69) is 15.1 Å². The third-order valence-corrected chi connectivity index (χ3v) is 3.26. The molecule has 0 spiro atoms. The average molecular weight is 265 g/mol. The molecule has 2 heterocycles. The Hall–Kier alpha value is -1.89. The standard InChI is InChI=1S/C12H19N5O2/c1-15(2)11(18)9-16-3-5-17(6-4-16)12(19)10-7-13-14-8-10/h7-8H,3-6,9H2,1-2H3,(H,13,14). The lowest BCUT2D eigenvalue weighted by atomic mass is 10.2. The number of nitrogens with zero attached hydrogens (tertiary/aromatic N) is 4. The second-order valence-corrected chi connectivity index (χ2v) is 4.84. The zero-order valence-corrected chi connectivity index (χ0v) is 11.3. The maximum absolute atomic E-state index is 12.1. The fourth-order valence-electron chi connectivity index (χ4n) is 1.99. The third kappa shape index (κ3) is 3.31. The molecule has 1 fully saturated rings. The zero-order valence-electron chi connectivity index (χ0n) is 11.3. The number of likely N-dealkylation sites (N-methyl/N-ethyl adjacent to an activating group) is 1. The van der Waals surface area contributed by atoms with Crippen molar-refractivity contribution >= 4 is 11.8 Å². The third-order valence-electron chi connectivity index (χ3n) is 3.26. The molecule has 7 heteroatoms. The van der Waals surface area contributed by atoms with Crippen molar-refractivity contribution in [1.82, 2.24) is 24.9 Å². The Bertz CT molecular complexity index is 435. The Balaban J connectivity index is 1.82. The molecule has 104 valence electrons. The molecule has 0 atom stereocenters. The van der Waals surface area contributed by atoms with Crippen LogP contribution in [0.1, 0.15) is 10.4 Å². The number of amides is 2. The Labute approximate surface area is 112 Å². The lowest BCUT2D eigenvalue weighted by Crippen LogP contribution is -2.50. The lowest BCUT2D eigenvalue weighted by molar-refractivity contribution is -0.130. The average Bonchev–Trinajstić information content (AvgIpc) is 2.92. The Morgan fingerprint density at radius 1 is 1.32 bits per heavy atom. The normalized spacial score (nSPS) is 16.4. The van der Waals surface area contributed by atoms with Crippen LogP contribution in [0.15, 0.2) is 12.4 Å². The van der Waals surface area contributed by atoms with Gasteiger partial charge in [-0.3, -0.25) is 19.6 Å². The quantitative estimate of drug-likeness (QED) is 0.781. The van der Waals surface area contributed by atoms with Gasteiger partial charge >= 0.3 is 0 Å². The first-order chi connectivity index (χ1) is 9.08. The van der Waals surface area contributed by atoms with E-state index in [9.17, 15) is 9.59 Å². The van der Waals surface area contributed by atoms with E-state index in [1.165, 1.54) is 6.20 Å². The summed E-state index contributed by atoms with van der Waals surface area (Å²) in [6.07, 6.45) is 3.13. The molecule has 0 unspecified atom stereocenters. The Morgan fingerprint density at radius 3 is 2.53 bits per heavy atom. The van der Waals surface area contributed by atoms with Crippen LogP contribution in [0, 0.1) is 0 Å². The molecule has 1 N–H and O–H groups in total. The highest BCUT2D eigenvalue weighted by atomic mass is 16.2. The van der Waals surface area contributed by atoms with Crippen molar-refractivity contribution < 1.29 is 9.59 Å². The highest BCUT2D eigenvalue weighted by molar-refractivity contribution is 5.93. The van der Waals surface area contributed by atoms with Gasteiger partial charge in [-0.2, -0.15) is 5.10 Å². The van der Waals surface area contributed by atoms with Gasteiger partial charge in [0.2, 0.25) is 5.91 Å². The Morgan fingerprint density at radius 2 is 2.00 bits per heavy atom. The van der Waals surface area contributed by atoms with Gasteiger partial charge in [0.15, 0.2) is 0 Å². The van der Waals surface area contributed by atoms with Crippen molar-refractivity contribution in [3.8, 4) is 0 Å². The van der Waals surface area contributed by atoms with Gasteiger partial charge < -0.3 is 9.80 Å². The number of nitrogens with one attached hydrogen (secondary N) is 1. The minimum atomic E-state index is -0.00710. The van der Waals surface area contributed by atoms with E-state index in [1.807, 2.05) is 0 Å². The first-order valence-electron chi connectivity index (χ1n) is 6.28. The number of carbonyl (C=O) groups is 2.